The molecule has 2 aromatic rings. The SMILES string of the molecule is BrCCn1nnc(-c2ccccc2)n1. The minimum Gasteiger partial charge on any atom is -0.163 e. The molecule has 0 aliphatic rings. The van der Waals surface area contributed by atoms with Crippen molar-refractivity contribution < 1.29 is 0 Å². The summed E-state index contributed by atoms with van der Waals surface area (Å²) in [6.07, 6.45) is 0. The van der Waals surface area contributed by atoms with Gasteiger partial charge in [0.2, 0.25) is 5.82 Å². The topological polar surface area (TPSA) is 43.6 Å². The monoisotopic (exact) mass is 252 g/mol. The highest BCUT2D eigenvalue weighted by Gasteiger charge is 2.03. The maximum atomic E-state index is 4.23. The summed E-state index contributed by atoms with van der Waals surface area (Å²) >= 11 is 3.32. The van der Waals surface area contributed by atoms with Crippen molar-refractivity contribution in [1.82, 2.24) is 20.2 Å². The van der Waals surface area contributed by atoms with E-state index in [9.17, 15) is 0 Å². The van der Waals surface area contributed by atoms with E-state index in [1.165, 1.54) is 0 Å². The zero-order chi connectivity index (χ0) is 9.80. The van der Waals surface area contributed by atoms with Gasteiger partial charge >= 0.3 is 0 Å². The molecule has 1 heterocycles. The van der Waals surface area contributed by atoms with Crippen LogP contribution in [-0.2, 0) is 6.54 Å². The predicted octanol–water partition coefficient (Wildman–Crippen LogP) is 1.73. The molecule has 0 bridgehead atoms. The molecule has 0 radical (unpaired) electrons. The second kappa shape index (κ2) is 4.32. The lowest BCUT2D eigenvalue weighted by Gasteiger charge is -1.92. The largest absolute Gasteiger partial charge is 0.204 e. The number of hydrogen-bond donors (Lipinski definition) is 0. The number of nitrogens with zero attached hydrogens (tertiary/aromatic N) is 4. The van der Waals surface area contributed by atoms with Gasteiger partial charge in [0, 0.05) is 10.9 Å². The van der Waals surface area contributed by atoms with Gasteiger partial charge in [-0.2, -0.15) is 4.80 Å². The predicted molar refractivity (Wildman–Crippen MR) is 57.0 cm³/mol. The molecule has 2 rings (SSSR count). The first-order valence-electron chi connectivity index (χ1n) is 4.29. The van der Waals surface area contributed by atoms with Gasteiger partial charge in [-0.15, -0.1) is 10.2 Å². The molecule has 0 unspecified atom stereocenters. The third-order valence-corrected chi connectivity index (χ3v) is 2.12. The van der Waals surface area contributed by atoms with Gasteiger partial charge in [0.15, 0.2) is 0 Å². The van der Waals surface area contributed by atoms with Crippen molar-refractivity contribution in [3.63, 3.8) is 0 Å². The summed E-state index contributed by atoms with van der Waals surface area (Å²) in [5.41, 5.74) is 0.994. The highest BCUT2D eigenvalue weighted by molar-refractivity contribution is 9.09. The number of aryl methyl sites for hydroxylation is 1. The average molecular weight is 253 g/mol. The Labute approximate surface area is 90.1 Å². The zero-order valence-electron chi connectivity index (χ0n) is 7.47. The minimum absolute atomic E-state index is 0.673. The third-order valence-electron chi connectivity index (χ3n) is 1.77. The molecule has 0 aliphatic heterocycles. The molecule has 4 nitrogen and oxygen atoms in total. The lowest BCUT2D eigenvalue weighted by molar-refractivity contribution is 0.559. The van der Waals surface area contributed by atoms with Crippen molar-refractivity contribution in [2.75, 3.05) is 5.33 Å². The molecule has 72 valence electrons. The molecule has 0 saturated heterocycles. The minimum atomic E-state index is 0.673. The molecule has 0 spiro atoms. The molecule has 0 aliphatic carbocycles. The van der Waals surface area contributed by atoms with Gasteiger partial charge in [0.05, 0.1) is 6.54 Å². The van der Waals surface area contributed by atoms with E-state index in [0.29, 0.717) is 5.82 Å². The quantitative estimate of drug-likeness (QED) is 0.782. The van der Waals surface area contributed by atoms with Crippen molar-refractivity contribution in [2.45, 2.75) is 6.54 Å². The lowest BCUT2D eigenvalue weighted by atomic mass is 10.2. The van der Waals surface area contributed by atoms with Crippen molar-refractivity contribution in [2.24, 2.45) is 0 Å². The van der Waals surface area contributed by atoms with Gasteiger partial charge in [-0.3, -0.25) is 0 Å². The number of halogens is 1. The lowest BCUT2D eigenvalue weighted by Crippen LogP contribution is -2.02. The van der Waals surface area contributed by atoms with Gasteiger partial charge in [0.25, 0.3) is 0 Å². The molecular formula is C9H9BrN4. The Kier molecular flexibility index (Phi) is 2.88. The van der Waals surface area contributed by atoms with Gasteiger partial charge in [0.1, 0.15) is 0 Å². The van der Waals surface area contributed by atoms with Crippen LogP contribution < -0.4 is 0 Å². The van der Waals surface area contributed by atoms with Crippen molar-refractivity contribution in [3.8, 4) is 11.4 Å². The van der Waals surface area contributed by atoms with Crippen LogP contribution >= 0.6 is 15.9 Å². The molecule has 0 amide bonds. The first-order chi connectivity index (χ1) is 6.90. The molecule has 0 atom stereocenters. The number of alkyl halides is 1. The molecule has 14 heavy (non-hydrogen) atoms. The Morgan fingerprint density at radius 3 is 2.71 bits per heavy atom. The smallest absolute Gasteiger partial charge is 0.163 e. The van der Waals surface area contributed by atoms with Crippen LogP contribution in [0.4, 0.5) is 0 Å². The highest BCUT2D eigenvalue weighted by atomic mass is 79.9. The van der Waals surface area contributed by atoms with Gasteiger partial charge in [-0.25, -0.2) is 0 Å². The van der Waals surface area contributed by atoms with E-state index in [1.54, 1.807) is 4.80 Å². The second-order valence-electron chi connectivity index (χ2n) is 2.76. The number of tetrazole rings is 1. The van der Waals surface area contributed by atoms with Crippen LogP contribution in [0.5, 0.6) is 0 Å². The van der Waals surface area contributed by atoms with Gasteiger partial charge < -0.3 is 0 Å². The number of rotatable bonds is 3. The molecule has 0 fully saturated rings. The molecule has 0 N–H and O–H groups in total. The van der Waals surface area contributed by atoms with E-state index in [4.69, 9.17) is 0 Å². The first-order valence-corrected chi connectivity index (χ1v) is 5.41. The Balaban J connectivity index is 2.25. The fourth-order valence-corrected chi connectivity index (χ4v) is 1.43. The van der Waals surface area contributed by atoms with Crippen LogP contribution in [0.25, 0.3) is 11.4 Å². The van der Waals surface area contributed by atoms with E-state index >= 15 is 0 Å². The van der Waals surface area contributed by atoms with E-state index in [-0.39, 0.29) is 0 Å². The van der Waals surface area contributed by atoms with Crippen LogP contribution in [0.3, 0.4) is 0 Å². The summed E-state index contributed by atoms with van der Waals surface area (Å²) in [4.78, 5) is 1.58. The standard InChI is InChI=1S/C9H9BrN4/c10-6-7-14-12-9(11-13-14)8-4-2-1-3-5-8/h1-5H,6-7H2. The maximum Gasteiger partial charge on any atom is 0.204 e. The molecule has 0 saturated carbocycles. The Hall–Kier alpha value is -1.23. The van der Waals surface area contributed by atoms with E-state index in [0.717, 1.165) is 17.4 Å². The van der Waals surface area contributed by atoms with Crippen molar-refractivity contribution in [3.05, 3.63) is 30.3 Å². The first kappa shape index (κ1) is 9.33. The summed E-state index contributed by atoms with van der Waals surface area (Å²) in [5, 5.41) is 13.0. The molecule has 5 heteroatoms. The van der Waals surface area contributed by atoms with Crippen molar-refractivity contribution >= 4 is 15.9 Å². The summed E-state index contributed by atoms with van der Waals surface area (Å²) in [6.45, 7) is 0.736. The normalized spacial score (nSPS) is 10.4. The van der Waals surface area contributed by atoms with E-state index in [1.807, 2.05) is 30.3 Å². The number of aromatic nitrogens is 4. The van der Waals surface area contributed by atoms with E-state index in [2.05, 4.69) is 31.3 Å². The summed E-state index contributed by atoms with van der Waals surface area (Å²) < 4.78 is 0. The van der Waals surface area contributed by atoms with E-state index < -0.39 is 0 Å². The van der Waals surface area contributed by atoms with Crippen LogP contribution in [0, 0.1) is 0 Å². The van der Waals surface area contributed by atoms with Crippen LogP contribution in [0.2, 0.25) is 0 Å². The van der Waals surface area contributed by atoms with Crippen molar-refractivity contribution in [1.29, 1.82) is 0 Å². The number of hydrogen-bond acceptors (Lipinski definition) is 3. The summed E-state index contributed by atoms with van der Waals surface area (Å²) in [6, 6.07) is 9.82. The average Bonchev–Trinajstić information content (AvgIpc) is 2.68. The summed E-state index contributed by atoms with van der Waals surface area (Å²) in [5.74, 6) is 0.673. The molecule has 1 aromatic carbocycles. The summed E-state index contributed by atoms with van der Waals surface area (Å²) in [7, 11) is 0. The third kappa shape index (κ3) is 1.98. The Morgan fingerprint density at radius 2 is 2.00 bits per heavy atom. The zero-order valence-corrected chi connectivity index (χ0v) is 9.05. The van der Waals surface area contributed by atoms with Crippen LogP contribution in [0.1, 0.15) is 0 Å². The Bertz CT molecular complexity index is 398. The molecular weight excluding hydrogens is 244 g/mol. The van der Waals surface area contributed by atoms with Crippen LogP contribution in [-0.4, -0.2) is 25.5 Å². The number of benzene rings is 1. The van der Waals surface area contributed by atoms with Crippen LogP contribution in [0.15, 0.2) is 30.3 Å². The molecule has 1 aromatic heterocycles. The Morgan fingerprint density at radius 1 is 1.21 bits per heavy atom. The van der Waals surface area contributed by atoms with Gasteiger partial charge in [-0.1, -0.05) is 46.3 Å². The fourth-order valence-electron chi connectivity index (χ4n) is 1.12. The maximum absolute atomic E-state index is 4.23. The highest BCUT2D eigenvalue weighted by Crippen LogP contribution is 2.11. The van der Waals surface area contributed by atoms with Gasteiger partial charge in [-0.05, 0) is 5.21 Å². The fraction of sp³-hybridized carbons (Fsp3) is 0.222. The second-order valence-corrected chi connectivity index (χ2v) is 3.56.